The first kappa shape index (κ1) is 20.2. The molecule has 2 heterocycles. The number of fused-ring (bicyclic) bond motifs is 1. The SMILES string of the molecule is CCOC(=O)c1c(NC(=O)c2cc3cc(Cl)ccc3o2)sc(C)c1-c1ccccc1. The highest BCUT2D eigenvalue weighted by molar-refractivity contribution is 7.17. The lowest BCUT2D eigenvalue weighted by Crippen LogP contribution is -2.14. The largest absolute Gasteiger partial charge is 0.462 e. The first-order chi connectivity index (χ1) is 14.5. The molecule has 0 radical (unpaired) electrons. The molecule has 5 nitrogen and oxygen atoms in total. The van der Waals surface area contributed by atoms with Crippen LogP contribution in [0, 0.1) is 6.92 Å². The molecule has 0 saturated carbocycles. The molecule has 7 heteroatoms. The van der Waals surface area contributed by atoms with E-state index in [1.54, 1.807) is 31.2 Å². The van der Waals surface area contributed by atoms with Gasteiger partial charge in [-0.1, -0.05) is 41.9 Å². The van der Waals surface area contributed by atoms with Crippen LogP contribution in [0.4, 0.5) is 5.00 Å². The standard InChI is InChI=1S/C23H18ClNO4S/c1-3-28-23(27)20-19(14-7-5-4-6-8-14)13(2)30-22(20)25-21(26)18-12-15-11-16(24)9-10-17(15)29-18/h4-12H,3H2,1-2H3,(H,25,26). The molecule has 0 unspecified atom stereocenters. The number of thiophene rings is 1. The van der Waals surface area contributed by atoms with Crippen molar-refractivity contribution < 1.29 is 18.7 Å². The summed E-state index contributed by atoms with van der Waals surface area (Å²) in [6.45, 7) is 3.89. The van der Waals surface area contributed by atoms with Crippen LogP contribution in [0.15, 0.2) is 59.0 Å². The zero-order valence-electron chi connectivity index (χ0n) is 16.3. The summed E-state index contributed by atoms with van der Waals surface area (Å²) >= 11 is 7.34. The van der Waals surface area contributed by atoms with Crippen LogP contribution in [0.2, 0.25) is 5.02 Å². The molecule has 0 atom stereocenters. The van der Waals surface area contributed by atoms with Crippen LogP contribution in [0.5, 0.6) is 0 Å². The molecule has 0 spiro atoms. The number of carbonyl (C=O) groups is 2. The van der Waals surface area contributed by atoms with Crippen molar-refractivity contribution in [1.82, 2.24) is 0 Å². The van der Waals surface area contributed by atoms with Crippen LogP contribution in [-0.2, 0) is 4.74 Å². The highest BCUT2D eigenvalue weighted by atomic mass is 35.5. The average molecular weight is 440 g/mol. The average Bonchev–Trinajstić information content (AvgIpc) is 3.29. The minimum Gasteiger partial charge on any atom is -0.462 e. The number of benzene rings is 2. The number of hydrogen-bond acceptors (Lipinski definition) is 5. The fourth-order valence-electron chi connectivity index (χ4n) is 3.27. The first-order valence-corrected chi connectivity index (χ1v) is 10.5. The molecule has 152 valence electrons. The zero-order valence-corrected chi connectivity index (χ0v) is 17.9. The van der Waals surface area contributed by atoms with Gasteiger partial charge in [-0.2, -0.15) is 0 Å². The number of aryl methyl sites for hydroxylation is 1. The topological polar surface area (TPSA) is 68.5 Å². The van der Waals surface area contributed by atoms with E-state index in [-0.39, 0.29) is 12.4 Å². The van der Waals surface area contributed by atoms with Gasteiger partial charge in [-0.15, -0.1) is 11.3 Å². The van der Waals surface area contributed by atoms with Crippen molar-refractivity contribution >= 4 is 50.8 Å². The normalized spacial score (nSPS) is 10.9. The summed E-state index contributed by atoms with van der Waals surface area (Å²) in [5, 5.41) is 4.53. The van der Waals surface area contributed by atoms with Gasteiger partial charge in [0.15, 0.2) is 5.76 Å². The minimum atomic E-state index is -0.479. The Balaban J connectivity index is 1.74. The van der Waals surface area contributed by atoms with Crippen molar-refractivity contribution in [2.45, 2.75) is 13.8 Å². The van der Waals surface area contributed by atoms with Gasteiger partial charge in [-0.05, 0) is 43.7 Å². The molecule has 0 saturated heterocycles. The van der Waals surface area contributed by atoms with Crippen LogP contribution in [-0.4, -0.2) is 18.5 Å². The maximum atomic E-state index is 12.9. The Labute approximate surface area is 182 Å². The van der Waals surface area contributed by atoms with Crippen molar-refractivity contribution in [2.24, 2.45) is 0 Å². The van der Waals surface area contributed by atoms with Gasteiger partial charge in [0.25, 0.3) is 5.91 Å². The van der Waals surface area contributed by atoms with Gasteiger partial charge in [0.05, 0.1) is 6.61 Å². The smallest absolute Gasteiger partial charge is 0.341 e. The van der Waals surface area contributed by atoms with E-state index in [0.29, 0.717) is 21.2 Å². The molecule has 0 fully saturated rings. The lowest BCUT2D eigenvalue weighted by Gasteiger charge is -2.08. The van der Waals surface area contributed by atoms with Gasteiger partial charge in [-0.3, -0.25) is 4.79 Å². The summed E-state index contributed by atoms with van der Waals surface area (Å²) in [5.41, 5.74) is 2.54. The Morgan fingerprint density at radius 2 is 1.90 bits per heavy atom. The molecular weight excluding hydrogens is 422 g/mol. The number of hydrogen-bond donors (Lipinski definition) is 1. The second kappa shape index (κ2) is 8.34. The minimum absolute atomic E-state index is 0.134. The number of amides is 1. The maximum absolute atomic E-state index is 12.9. The van der Waals surface area contributed by atoms with Crippen molar-refractivity contribution in [3.63, 3.8) is 0 Å². The molecule has 4 rings (SSSR count). The number of ether oxygens (including phenoxy) is 1. The number of rotatable bonds is 5. The lowest BCUT2D eigenvalue weighted by molar-refractivity contribution is 0.0529. The third-order valence-corrected chi connectivity index (χ3v) is 5.81. The Kier molecular flexibility index (Phi) is 5.61. The molecule has 2 aromatic carbocycles. The van der Waals surface area contributed by atoms with E-state index in [9.17, 15) is 9.59 Å². The van der Waals surface area contributed by atoms with E-state index >= 15 is 0 Å². The molecule has 0 aliphatic carbocycles. The van der Waals surface area contributed by atoms with E-state index < -0.39 is 11.9 Å². The summed E-state index contributed by atoms with van der Waals surface area (Å²) in [6, 6.07) is 16.3. The van der Waals surface area contributed by atoms with Gasteiger partial charge in [0.1, 0.15) is 16.1 Å². The van der Waals surface area contributed by atoms with Crippen molar-refractivity contribution in [1.29, 1.82) is 0 Å². The Hall–Kier alpha value is -3.09. The summed E-state index contributed by atoms with van der Waals surface area (Å²) in [5.74, 6) is -0.796. The molecule has 0 bridgehead atoms. The van der Waals surface area contributed by atoms with Crippen molar-refractivity contribution in [3.8, 4) is 11.1 Å². The van der Waals surface area contributed by atoms with Gasteiger partial charge < -0.3 is 14.5 Å². The third kappa shape index (κ3) is 3.84. The number of nitrogens with one attached hydrogen (secondary N) is 1. The van der Waals surface area contributed by atoms with Crippen molar-refractivity contribution in [3.05, 3.63) is 75.8 Å². The fourth-order valence-corrected chi connectivity index (χ4v) is 4.51. The first-order valence-electron chi connectivity index (χ1n) is 9.34. The van der Waals surface area contributed by atoms with Crippen LogP contribution in [0.25, 0.3) is 22.1 Å². The molecule has 2 aromatic heterocycles. The van der Waals surface area contributed by atoms with Gasteiger partial charge in [0, 0.05) is 20.8 Å². The van der Waals surface area contributed by atoms with Gasteiger partial charge in [-0.25, -0.2) is 4.79 Å². The van der Waals surface area contributed by atoms with Crippen LogP contribution in [0.3, 0.4) is 0 Å². The molecule has 0 aliphatic rings. The van der Waals surface area contributed by atoms with E-state index in [0.717, 1.165) is 21.4 Å². The number of furan rings is 1. The second-order valence-electron chi connectivity index (χ2n) is 6.57. The summed E-state index contributed by atoms with van der Waals surface area (Å²) < 4.78 is 10.9. The summed E-state index contributed by atoms with van der Waals surface area (Å²) in [7, 11) is 0. The van der Waals surface area contributed by atoms with Gasteiger partial charge in [0.2, 0.25) is 0 Å². The van der Waals surface area contributed by atoms with Crippen LogP contribution < -0.4 is 5.32 Å². The van der Waals surface area contributed by atoms with E-state index in [1.165, 1.54) is 11.3 Å². The Bertz CT molecular complexity index is 1240. The number of anilines is 1. The summed E-state index contributed by atoms with van der Waals surface area (Å²) in [6.07, 6.45) is 0. The molecule has 1 amide bonds. The number of carbonyl (C=O) groups excluding carboxylic acids is 2. The Morgan fingerprint density at radius 1 is 1.13 bits per heavy atom. The second-order valence-corrected chi connectivity index (χ2v) is 8.23. The number of esters is 1. The van der Waals surface area contributed by atoms with Crippen molar-refractivity contribution in [2.75, 3.05) is 11.9 Å². The maximum Gasteiger partial charge on any atom is 0.341 e. The van der Waals surface area contributed by atoms with E-state index in [2.05, 4.69) is 5.32 Å². The molecule has 4 aromatic rings. The Morgan fingerprint density at radius 3 is 2.63 bits per heavy atom. The molecule has 0 aliphatic heterocycles. The van der Waals surface area contributed by atoms with Crippen LogP contribution in [0.1, 0.15) is 32.7 Å². The molecule has 1 N–H and O–H groups in total. The quantitative estimate of drug-likeness (QED) is 0.358. The lowest BCUT2D eigenvalue weighted by atomic mass is 10.0. The predicted molar refractivity (Wildman–Crippen MR) is 120 cm³/mol. The number of halogens is 1. The predicted octanol–water partition coefficient (Wildman–Crippen LogP) is 6.55. The fraction of sp³-hybridized carbons (Fsp3) is 0.130. The van der Waals surface area contributed by atoms with E-state index in [1.807, 2.05) is 37.3 Å². The zero-order chi connectivity index (χ0) is 21.3. The highest BCUT2D eigenvalue weighted by Gasteiger charge is 2.26. The van der Waals surface area contributed by atoms with Gasteiger partial charge >= 0.3 is 5.97 Å². The molecular formula is C23H18ClNO4S. The molecule has 30 heavy (non-hydrogen) atoms. The summed E-state index contributed by atoms with van der Waals surface area (Å²) in [4.78, 5) is 26.5. The third-order valence-electron chi connectivity index (χ3n) is 4.56. The monoisotopic (exact) mass is 439 g/mol. The highest BCUT2D eigenvalue weighted by Crippen LogP contribution is 2.40. The van der Waals surface area contributed by atoms with Crippen LogP contribution >= 0.6 is 22.9 Å². The van der Waals surface area contributed by atoms with E-state index in [4.69, 9.17) is 20.8 Å².